The molecule has 0 saturated heterocycles. The van der Waals surface area contributed by atoms with Gasteiger partial charge in [0.15, 0.2) is 0 Å². The van der Waals surface area contributed by atoms with E-state index in [1.807, 2.05) is 0 Å². The number of rotatable bonds is 5. The Morgan fingerprint density at radius 2 is 1.72 bits per heavy atom. The van der Waals surface area contributed by atoms with Crippen molar-refractivity contribution in [1.29, 1.82) is 0 Å². The molecule has 0 heterocycles. The van der Waals surface area contributed by atoms with Gasteiger partial charge in [0.25, 0.3) is 5.91 Å². The van der Waals surface area contributed by atoms with Gasteiger partial charge in [0, 0.05) is 15.5 Å². The summed E-state index contributed by atoms with van der Waals surface area (Å²) in [6, 6.07) is 16.6. The first-order valence-electron chi connectivity index (χ1n) is 8.47. The zero-order chi connectivity index (χ0) is 21.0. The van der Waals surface area contributed by atoms with Crippen molar-refractivity contribution in [2.75, 3.05) is 18.2 Å². The van der Waals surface area contributed by atoms with E-state index in [9.17, 15) is 18.0 Å². The summed E-state index contributed by atoms with van der Waals surface area (Å²) < 4.78 is 44.8. The molecule has 0 atom stereocenters. The van der Waals surface area contributed by atoms with E-state index in [4.69, 9.17) is 10.5 Å². The molecule has 1 amide bonds. The summed E-state index contributed by atoms with van der Waals surface area (Å²) in [5, 5.41) is 2.63. The van der Waals surface area contributed by atoms with Crippen LogP contribution in [-0.2, 0) is 6.18 Å². The fourth-order valence-corrected chi connectivity index (χ4v) is 3.50. The first-order valence-corrected chi connectivity index (χ1v) is 9.28. The van der Waals surface area contributed by atoms with Gasteiger partial charge in [-0.05, 0) is 54.6 Å². The number of nitrogens with two attached hydrogens (primary N) is 1. The minimum atomic E-state index is -4.57. The van der Waals surface area contributed by atoms with Crippen LogP contribution in [0.2, 0.25) is 0 Å². The maximum Gasteiger partial charge on any atom is 0.416 e. The van der Waals surface area contributed by atoms with Crippen molar-refractivity contribution in [3.8, 4) is 5.75 Å². The summed E-state index contributed by atoms with van der Waals surface area (Å²) in [5.41, 5.74) is 5.61. The van der Waals surface area contributed by atoms with Crippen LogP contribution in [0.5, 0.6) is 5.75 Å². The number of alkyl halides is 3. The van der Waals surface area contributed by atoms with Crippen molar-refractivity contribution in [1.82, 2.24) is 0 Å². The highest BCUT2D eigenvalue weighted by atomic mass is 32.2. The topological polar surface area (TPSA) is 64.3 Å². The van der Waals surface area contributed by atoms with Gasteiger partial charge < -0.3 is 15.8 Å². The van der Waals surface area contributed by atoms with E-state index < -0.39 is 17.6 Å². The van der Waals surface area contributed by atoms with Crippen molar-refractivity contribution < 1.29 is 22.7 Å². The van der Waals surface area contributed by atoms with Gasteiger partial charge in [-0.1, -0.05) is 23.9 Å². The van der Waals surface area contributed by atoms with E-state index in [1.54, 1.807) is 48.5 Å². The predicted octanol–water partition coefficient (Wildman–Crippen LogP) is 5.70. The molecule has 8 heteroatoms. The lowest BCUT2D eigenvalue weighted by molar-refractivity contribution is -0.137. The smallest absolute Gasteiger partial charge is 0.416 e. The molecule has 4 nitrogen and oxygen atoms in total. The van der Waals surface area contributed by atoms with Gasteiger partial charge in [-0.2, -0.15) is 13.2 Å². The van der Waals surface area contributed by atoms with Gasteiger partial charge in [-0.15, -0.1) is 0 Å². The van der Waals surface area contributed by atoms with Crippen LogP contribution in [0.1, 0.15) is 15.9 Å². The summed E-state index contributed by atoms with van der Waals surface area (Å²) in [6.07, 6.45) is -4.57. The lowest BCUT2D eigenvalue weighted by atomic mass is 10.1. The Morgan fingerprint density at radius 3 is 2.38 bits per heavy atom. The maximum absolute atomic E-state index is 13.2. The Balaban J connectivity index is 1.98. The highest BCUT2D eigenvalue weighted by molar-refractivity contribution is 7.99. The van der Waals surface area contributed by atoms with Gasteiger partial charge in [0.2, 0.25) is 0 Å². The first kappa shape index (κ1) is 20.6. The number of nitrogen functional groups attached to an aromatic ring is 1. The van der Waals surface area contributed by atoms with Crippen molar-refractivity contribution in [3.63, 3.8) is 0 Å². The molecule has 3 N–H and O–H groups in total. The minimum Gasteiger partial charge on any atom is -0.495 e. The maximum atomic E-state index is 13.2. The number of ether oxygens (including phenoxy) is 1. The van der Waals surface area contributed by atoms with E-state index in [1.165, 1.54) is 24.9 Å². The number of methoxy groups -OCH3 is 1. The number of nitrogens with one attached hydrogen (secondary N) is 1. The van der Waals surface area contributed by atoms with Crippen LogP contribution >= 0.6 is 11.8 Å². The second-order valence-electron chi connectivity index (χ2n) is 6.03. The molecule has 0 aromatic heterocycles. The second-order valence-corrected chi connectivity index (χ2v) is 7.15. The molecule has 0 spiro atoms. The zero-order valence-electron chi connectivity index (χ0n) is 15.3. The number of hydrogen-bond acceptors (Lipinski definition) is 4. The lowest BCUT2D eigenvalue weighted by Gasteiger charge is -2.15. The average molecular weight is 418 g/mol. The largest absolute Gasteiger partial charge is 0.495 e. The minimum absolute atomic E-state index is 0.0902. The fourth-order valence-electron chi connectivity index (χ4n) is 2.57. The van der Waals surface area contributed by atoms with Crippen LogP contribution in [0.15, 0.2) is 76.5 Å². The molecule has 0 saturated carbocycles. The van der Waals surface area contributed by atoms with Crippen molar-refractivity contribution in [2.24, 2.45) is 0 Å². The van der Waals surface area contributed by atoms with Crippen LogP contribution in [0.4, 0.5) is 24.5 Å². The van der Waals surface area contributed by atoms with E-state index in [0.29, 0.717) is 22.0 Å². The number of halogens is 3. The van der Waals surface area contributed by atoms with Gasteiger partial charge >= 0.3 is 6.18 Å². The summed E-state index contributed by atoms with van der Waals surface area (Å²) in [7, 11) is 1.44. The number of anilines is 2. The summed E-state index contributed by atoms with van der Waals surface area (Å²) in [5.74, 6) is -0.265. The zero-order valence-corrected chi connectivity index (χ0v) is 16.1. The van der Waals surface area contributed by atoms with Gasteiger partial charge in [-0.25, -0.2) is 0 Å². The third kappa shape index (κ3) is 5.03. The Bertz CT molecular complexity index is 1020. The lowest BCUT2D eigenvalue weighted by Crippen LogP contribution is -2.15. The van der Waals surface area contributed by atoms with E-state index in [2.05, 4.69) is 5.32 Å². The molecule has 0 aliphatic carbocycles. The van der Waals surface area contributed by atoms with Crippen LogP contribution in [-0.4, -0.2) is 13.0 Å². The Morgan fingerprint density at radius 1 is 1.03 bits per heavy atom. The fraction of sp³-hybridized carbons (Fsp3) is 0.0952. The average Bonchev–Trinajstić information content (AvgIpc) is 2.69. The highest BCUT2D eigenvalue weighted by Gasteiger charge is 2.32. The SMILES string of the molecule is COc1ccccc1NC(=O)c1cc(C(F)(F)F)ccc1Sc1ccc(N)cc1. The predicted molar refractivity (Wildman–Crippen MR) is 107 cm³/mol. The van der Waals surface area contributed by atoms with Crippen LogP contribution in [0, 0.1) is 0 Å². The molecule has 0 radical (unpaired) electrons. The molecule has 3 rings (SSSR count). The first-order chi connectivity index (χ1) is 13.8. The number of benzene rings is 3. The number of amides is 1. The number of para-hydroxylation sites is 2. The number of hydrogen-bond donors (Lipinski definition) is 2. The van der Waals surface area contributed by atoms with Crippen LogP contribution in [0.25, 0.3) is 0 Å². The quantitative estimate of drug-likeness (QED) is 0.522. The van der Waals surface area contributed by atoms with Crippen molar-refractivity contribution in [2.45, 2.75) is 16.0 Å². The Kier molecular flexibility index (Phi) is 6.03. The van der Waals surface area contributed by atoms with E-state index in [-0.39, 0.29) is 5.56 Å². The second kappa shape index (κ2) is 8.48. The third-order valence-electron chi connectivity index (χ3n) is 4.01. The van der Waals surface area contributed by atoms with Crippen molar-refractivity contribution in [3.05, 3.63) is 77.9 Å². The summed E-state index contributed by atoms with van der Waals surface area (Å²) >= 11 is 1.18. The molecular weight excluding hydrogens is 401 g/mol. The normalized spacial score (nSPS) is 11.2. The standard InChI is InChI=1S/C21H17F3N2O2S/c1-28-18-5-3-2-4-17(18)26-20(27)16-12-13(21(22,23)24)6-11-19(16)29-15-9-7-14(25)8-10-15/h2-12H,25H2,1H3,(H,26,27). The summed E-state index contributed by atoms with van der Waals surface area (Å²) in [4.78, 5) is 14.0. The molecular formula is C21H17F3N2O2S. The molecule has 0 bridgehead atoms. The summed E-state index contributed by atoms with van der Waals surface area (Å²) in [6.45, 7) is 0. The number of carbonyl (C=O) groups excluding carboxylic acids is 1. The molecule has 3 aromatic carbocycles. The van der Waals surface area contributed by atoms with Gasteiger partial charge in [0.1, 0.15) is 5.75 Å². The monoisotopic (exact) mass is 418 g/mol. The Labute approximate surface area is 169 Å². The third-order valence-corrected chi connectivity index (χ3v) is 5.10. The molecule has 0 unspecified atom stereocenters. The van der Waals surface area contributed by atoms with Gasteiger partial charge in [0.05, 0.1) is 23.9 Å². The molecule has 0 aliphatic heterocycles. The van der Waals surface area contributed by atoms with Crippen molar-refractivity contribution >= 4 is 29.0 Å². The van der Waals surface area contributed by atoms with Crippen LogP contribution in [0.3, 0.4) is 0 Å². The molecule has 0 fully saturated rings. The van der Waals surface area contributed by atoms with Gasteiger partial charge in [-0.3, -0.25) is 4.79 Å². The highest BCUT2D eigenvalue weighted by Crippen LogP contribution is 2.36. The number of carbonyl (C=O) groups is 1. The molecule has 3 aromatic rings. The van der Waals surface area contributed by atoms with E-state index in [0.717, 1.165) is 17.0 Å². The van der Waals surface area contributed by atoms with Crippen LogP contribution < -0.4 is 15.8 Å². The molecule has 0 aliphatic rings. The molecule has 150 valence electrons. The van der Waals surface area contributed by atoms with E-state index >= 15 is 0 Å². The molecule has 29 heavy (non-hydrogen) atoms. The Hall–Kier alpha value is -3.13.